The Labute approximate surface area is 160 Å². The van der Waals surface area contributed by atoms with E-state index in [9.17, 15) is 0 Å². The van der Waals surface area contributed by atoms with Gasteiger partial charge in [-0.15, -0.1) is 10.2 Å². The number of hydrogen-bond acceptors (Lipinski definition) is 4. The standard InChI is InChI=1S/C22H27N5/c1-3-9-19(10-4-1)22(20-11-5-2-6-12-20)27-16-14-18(15-17-27)8-7-13-21-23-25-26-24-21/h1-6,9-12,18,22H,7-8,13-17H2,(H,23,24,25,26). The van der Waals surface area contributed by atoms with E-state index in [1.54, 1.807) is 0 Å². The van der Waals surface area contributed by atoms with Gasteiger partial charge in [0.2, 0.25) is 0 Å². The molecule has 27 heavy (non-hydrogen) atoms. The Balaban J connectivity index is 1.37. The topological polar surface area (TPSA) is 57.7 Å². The predicted molar refractivity (Wildman–Crippen MR) is 106 cm³/mol. The molecule has 0 saturated carbocycles. The molecule has 4 rings (SSSR count). The average molecular weight is 361 g/mol. The van der Waals surface area contributed by atoms with Gasteiger partial charge in [-0.2, -0.15) is 5.21 Å². The van der Waals surface area contributed by atoms with Crippen molar-refractivity contribution in [3.8, 4) is 0 Å². The lowest BCUT2D eigenvalue weighted by molar-refractivity contribution is 0.146. The summed E-state index contributed by atoms with van der Waals surface area (Å²) in [6.45, 7) is 2.31. The second kappa shape index (κ2) is 8.91. The maximum atomic E-state index is 4.05. The molecule has 0 unspecified atom stereocenters. The first-order valence-corrected chi connectivity index (χ1v) is 9.96. The number of H-pyrrole nitrogens is 1. The van der Waals surface area contributed by atoms with Crippen LogP contribution in [0.25, 0.3) is 0 Å². The van der Waals surface area contributed by atoms with E-state index in [2.05, 4.69) is 86.2 Å². The number of hydrogen-bond donors (Lipinski definition) is 1. The maximum absolute atomic E-state index is 4.05. The number of aromatic nitrogens is 4. The Morgan fingerprint density at radius 2 is 1.56 bits per heavy atom. The summed E-state index contributed by atoms with van der Waals surface area (Å²) in [7, 11) is 0. The molecule has 5 heteroatoms. The molecule has 0 amide bonds. The van der Waals surface area contributed by atoms with E-state index in [0.717, 1.165) is 37.7 Å². The van der Waals surface area contributed by atoms with Crippen LogP contribution in [0.1, 0.15) is 48.7 Å². The Morgan fingerprint density at radius 1 is 0.926 bits per heavy atom. The zero-order chi connectivity index (χ0) is 18.3. The SMILES string of the molecule is c1ccc(C(c2ccccc2)N2CCC(CCCc3nn[nH]n3)CC2)cc1. The van der Waals surface area contributed by atoms with E-state index in [-0.39, 0.29) is 0 Å². The maximum Gasteiger partial charge on any atom is 0.174 e. The molecule has 2 aromatic carbocycles. The molecule has 1 fully saturated rings. The smallest absolute Gasteiger partial charge is 0.174 e. The van der Waals surface area contributed by atoms with Crippen molar-refractivity contribution in [1.29, 1.82) is 0 Å². The molecule has 140 valence electrons. The molecule has 1 aliphatic heterocycles. The van der Waals surface area contributed by atoms with Gasteiger partial charge in [0, 0.05) is 6.42 Å². The van der Waals surface area contributed by atoms with Crippen molar-refractivity contribution in [3.63, 3.8) is 0 Å². The lowest BCUT2D eigenvalue weighted by Gasteiger charge is -2.38. The van der Waals surface area contributed by atoms with Crippen LogP contribution in [-0.4, -0.2) is 38.6 Å². The van der Waals surface area contributed by atoms with Crippen molar-refractivity contribution in [2.24, 2.45) is 5.92 Å². The fourth-order valence-electron chi connectivity index (χ4n) is 4.22. The molecule has 1 N–H and O–H groups in total. The molecule has 0 bridgehead atoms. The van der Waals surface area contributed by atoms with Gasteiger partial charge in [-0.3, -0.25) is 4.90 Å². The summed E-state index contributed by atoms with van der Waals surface area (Å²) in [4.78, 5) is 2.65. The van der Waals surface area contributed by atoms with E-state index >= 15 is 0 Å². The minimum Gasteiger partial charge on any atom is -0.292 e. The molecular formula is C22H27N5. The molecule has 1 aromatic heterocycles. The Kier molecular flexibility index (Phi) is 5.89. The molecule has 5 nitrogen and oxygen atoms in total. The van der Waals surface area contributed by atoms with Crippen molar-refractivity contribution >= 4 is 0 Å². The van der Waals surface area contributed by atoms with Gasteiger partial charge in [-0.25, -0.2) is 0 Å². The van der Waals surface area contributed by atoms with Crippen LogP contribution >= 0.6 is 0 Å². The van der Waals surface area contributed by atoms with Crippen LogP contribution in [-0.2, 0) is 6.42 Å². The summed E-state index contributed by atoms with van der Waals surface area (Å²) in [5.41, 5.74) is 2.78. The Bertz CT molecular complexity index is 741. The van der Waals surface area contributed by atoms with E-state index in [1.165, 1.54) is 30.4 Å². The van der Waals surface area contributed by atoms with Crippen molar-refractivity contribution in [2.75, 3.05) is 13.1 Å². The first-order chi connectivity index (χ1) is 13.4. The molecule has 0 atom stereocenters. The predicted octanol–water partition coefficient (Wildman–Crippen LogP) is 4.02. The first kappa shape index (κ1) is 17.9. The van der Waals surface area contributed by atoms with Crippen LogP contribution in [0.15, 0.2) is 60.7 Å². The average Bonchev–Trinajstić information content (AvgIpc) is 3.25. The van der Waals surface area contributed by atoms with Gasteiger partial charge < -0.3 is 0 Å². The summed E-state index contributed by atoms with van der Waals surface area (Å²) in [6.07, 6.45) is 5.85. The van der Waals surface area contributed by atoms with Gasteiger partial charge in [-0.1, -0.05) is 65.9 Å². The zero-order valence-electron chi connectivity index (χ0n) is 15.7. The van der Waals surface area contributed by atoms with Crippen LogP contribution in [0.2, 0.25) is 0 Å². The molecule has 0 spiro atoms. The number of tetrazole rings is 1. The fourth-order valence-corrected chi connectivity index (χ4v) is 4.22. The number of rotatable bonds is 7. The first-order valence-electron chi connectivity index (χ1n) is 9.96. The van der Waals surface area contributed by atoms with Gasteiger partial charge in [-0.05, 0) is 55.8 Å². The lowest BCUT2D eigenvalue weighted by Crippen LogP contribution is -2.37. The number of piperidine rings is 1. The van der Waals surface area contributed by atoms with Crippen LogP contribution in [0.4, 0.5) is 0 Å². The third-order valence-corrected chi connectivity index (χ3v) is 5.65. The summed E-state index contributed by atoms with van der Waals surface area (Å²) in [5.74, 6) is 1.64. The number of nitrogens with zero attached hydrogens (tertiary/aromatic N) is 4. The number of aryl methyl sites for hydroxylation is 1. The Morgan fingerprint density at radius 3 is 2.11 bits per heavy atom. The molecule has 1 aliphatic rings. The molecule has 3 aromatic rings. The second-order valence-corrected chi connectivity index (χ2v) is 7.42. The van der Waals surface area contributed by atoms with Gasteiger partial charge >= 0.3 is 0 Å². The summed E-state index contributed by atoms with van der Waals surface area (Å²) < 4.78 is 0. The minimum absolute atomic E-state index is 0.354. The van der Waals surface area contributed by atoms with Crippen molar-refractivity contribution in [3.05, 3.63) is 77.6 Å². The van der Waals surface area contributed by atoms with E-state index in [1.807, 2.05) is 0 Å². The number of aromatic amines is 1. The number of benzene rings is 2. The normalized spacial score (nSPS) is 16.0. The van der Waals surface area contributed by atoms with E-state index in [0.29, 0.717) is 6.04 Å². The van der Waals surface area contributed by atoms with Gasteiger partial charge in [0.25, 0.3) is 0 Å². The highest BCUT2D eigenvalue weighted by atomic mass is 15.5. The van der Waals surface area contributed by atoms with E-state index < -0.39 is 0 Å². The molecular weight excluding hydrogens is 334 g/mol. The third-order valence-electron chi connectivity index (χ3n) is 5.65. The van der Waals surface area contributed by atoms with Crippen molar-refractivity contribution < 1.29 is 0 Å². The molecule has 0 radical (unpaired) electrons. The summed E-state index contributed by atoms with van der Waals surface area (Å²) >= 11 is 0. The van der Waals surface area contributed by atoms with Crippen molar-refractivity contribution in [1.82, 2.24) is 25.5 Å². The highest BCUT2D eigenvalue weighted by Crippen LogP contribution is 2.33. The van der Waals surface area contributed by atoms with Crippen LogP contribution < -0.4 is 0 Å². The highest BCUT2D eigenvalue weighted by molar-refractivity contribution is 5.31. The third kappa shape index (κ3) is 4.61. The zero-order valence-corrected chi connectivity index (χ0v) is 15.7. The molecule has 0 aliphatic carbocycles. The number of nitrogens with one attached hydrogen (secondary N) is 1. The summed E-state index contributed by atoms with van der Waals surface area (Å²) in [5, 5.41) is 14.3. The largest absolute Gasteiger partial charge is 0.292 e. The fraction of sp³-hybridized carbons (Fsp3) is 0.409. The van der Waals surface area contributed by atoms with Crippen LogP contribution in [0.5, 0.6) is 0 Å². The van der Waals surface area contributed by atoms with E-state index in [4.69, 9.17) is 0 Å². The van der Waals surface area contributed by atoms with Crippen LogP contribution in [0, 0.1) is 5.92 Å². The van der Waals surface area contributed by atoms with Gasteiger partial charge in [0.15, 0.2) is 5.82 Å². The number of likely N-dealkylation sites (tertiary alicyclic amines) is 1. The van der Waals surface area contributed by atoms with Gasteiger partial charge in [0.1, 0.15) is 0 Å². The summed E-state index contributed by atoms with van der Waals surface area (Å²) in [6, 6.07) is 22.2. The lowest BCUT2D eigenvalue weighted by atomic mass is 9.88. The second-order valence-electron chi connectivity index (χ2n) is 7.42. The molecule has 2 heterocycles. The van der Waals surface area contributed by atoms with Gasteiger partial charge in [0.05, 0.1) is 6.04 Å². The minimum atomic E-state index is 0.354. The van der Waals surface area contributed by atoms with Crippen molar-refractivity contribution in [2.45, 2.75) is 38.1 Å². The highest BCUT2D eigenvalue weighted by Gasteiger charge is 2.27. The van der Waals surface area contributed by atoms with Crippen LogP contribution in [0.3, 0.4) is 0 Å². The monoisotopic (exact) mass is 361 g/mol. The molecule has 1 saturated heterocycles. The Hall–Kier alpha value is -2.53. The quantitative estimate of drug-likeness (QED) is 0.690.